The molecule has 162 valence electrons. The van der Waals surface area contributed by atoms with Crippen LogP contribution in [0.1, 0.15) is 34.6 Å². The molecule has 0 saturated heterocycles. The molecule has 0 aliphatic heterocycles. The van der Waals surface area contributed by atoms with Crippen LogP contribution in [-0.2, 0) is 4.74 Å². The van der Waals surface area contributed by atoms with Gasteiger partial charge in [0.15, 0.2) is 5.65 Å². The number of nitrogens with zero attached hydrogens (tertiary/aromatic N) is 4. The van der Waals surface area contributed by atoms with E-state index in [0.717, 1.165) is 46.6 Å². The Morgan fingerprint density at radius 3 is 2.67 bits per heavy atom. The average molecular weight is 434 g/mol. The second kappa shape index (κ2) is 8.67. The molecule has 6 nitrogen and oxygen atoms in total. The van der Waals surface area contributed by atoms with Gasteiger partial charge < -0.3 is 4.74 Å². The summed E-state index contributed by atoms with van der Waals surface area (Å²) in [5.74, 6) is -0.473. The maximum atomic E-state index is 11.7. The SMILES string of the molecule is C=Cc1cc(-c2ccc(C(=O)OC)nc2)nc2c(C3=CCCC=c4ccccc4=C3)cnn12. The Morgan fingerprint density at radius 2 is 1.91 bits per heavy atom. The first kappa shape index (κ1) is 20.6. The molecule has 1 aliphatic carbocycles. The lowest BCUT2D eigenvalue weighted by molar-refractivity contribution is 0.0594. The van der Waals surface area contributed by atoms with Crippen LogP contribution in [0.15, 0.2) is 67.5 Å². The highest BCUT2D eigenvalue weighted by Crippen LogP contribution is 2.26. The van der Waals surface area contributed by atoms with Gasteiger partial charge in [0.25, 0.3) is 0 Å². The number of hydrogen-bond donors (Lipinski definition) is 0. The molecule has 5 rings (SSSR count). The van der Waals surface area contributed by atoms with Gasteiger partial charge in [0.2, 0.25) is 0 Å². The van der Waals surface area contributed by atoms with E-state index in [4.69, 9.17) is 9.72 Å². The highest BCUT2D eigenvalue weighted by atomic mass is 16.5. The van der Waals surface area contributed by atoms with Gasteiger partial charge in [-0.15, -0.1) is 0 Å². The summed E-state index contributed by atoms with van der Waals surface area (Å²) in [5.41, 5.74) is 5.36. The molecule has 0 bridgehead atoms. The van der Waals surface area contributed by atoms with Crippen molar-refractivity contribution in [2.75, 3.05) is 7.11 Å². The Balaban J connectivity index is 1.66. The molecule has 3 heterocycles. The lowest BCUT2D eigenvalue weighted by atomic mass is 10.0. The van der Waals surface area contributed by atoms with Crippen LogP contribution in [0.5, 0.6) is 0 Å². The third-order valence-electron chi connectivity index (χ3n) is 5.68. The first-order chi connectivity index (χ1) is 16.2. The highest BCUT2D eigenvalue weighted by molar-refractivity contribution is 5.93. The highest BCUT2D eigenvalue weighted by Gasteiger charge is 2.15. The van der Waals surface area contributed by atoms with Crippen LogP contribution in [0, 0.1) is 0 Å². The zero-order chi connectivity index (χ0) is 22.8. The zero-order valence-electron chi connectivity index (χ0n) is 18.2. The van der Waals surface area contributed by atoms with E-state index in [-0.39, 0.29) is 5.69 Å². The van der Waals surface area contributed by atoms with Gasteiger partial charge in [0.1, 0.15) is 5.69 Å². The van der Waals surface area contributed by atoms with E-state index in [0.29, 0.717) is 0 Å². The largest absolute Gasteiger partial charge is 0.464 e. The molecule has 1 aromatic carbocycles. The molecule has 0 atom stereocenters. The third-order valence-corrected chi connectivity index (χ3v) is 5.68. The number of aromatic nitrogens is 4. The molecular formula is C27H22N4O2. The number of benzene rings is 1. The summed E-state index contributed by atoms with van der Waals surface area (Å²) in [5, 5.41) is 7.00. The van der Waals surface area contributed by atoms with E-state index in [9.17, 15) is 4.79 Å². The van der Waals surface area contributed by atoms with Crippen molar-refractivity contribution in [1.29, 1.82) is 0 Å². The van der Waals surface area contributed by atoms with E-state index < -0.39 is 5.97 Å². The van der Waals surface area contributed by atoms with Gasteiger partial charge in [0.05, 0.1) is 24.7 Å². The molecule has 4 aromatic rings. The number of ether oxygens (including phenoxy) is 1. The molecule has 0 fully saturated rings. The minimum absolute atomic E-state index is 0.251. The molecule has 1 aliphatic rings. The van der Waals surface area contributed by atoms with Gasteiger partial charge in [-0.1, -0.05) is 43.0 Å². The quantitative estimate of drug-likeness (QED) is 0.459. The maximum absolute atomic E-state index is 11.7. The molecule has 3 aromatic heterocycles. The van der Waals surface area contributed by atoms with Crippen LogP contribution in [-0.4, -0.2) is 32.7 Å². The van der Waals surface area contributed by atoms with Gasteiger partial charge >= 0.3 is 5.97 Å². The fourth-order valence-electron chi connectivity index (χ4n) is 3.97. The first-order valence-electron chi connectivity index (χ1n) is 10.7. The van der Waals surface area contributed by atoms with Gasteiger partial charge in [-0.2, -0.15) is 5.10 Å². The smallest absolute Gasteiger partial charge is 0.356 e. The van der Waals surface area contributed by atoms with E-state index in [1.54, 1.807) is 22.9 Å². The summed E-state index contributed by atoms with van der Waals surface area (Å²) in [7, 11) is 1.34. The van der Waals surface area contributed by atoms with Gasteiger partial charge in [0, 0.05) is 17.3 Å². The van der Waals surface area contributed by atoms with Crippen LogP contribution < -0.4 is 10.4 Å². The Morgan fingerprint density at radius 1 is 1.09 bits per heavy atom. The summed E-state index contributed by atoms with van der Waals surface area (Å²) in [6.07, 6.45) is 13.8. The van der Waals surface area contributed by atoms with Gasteiger partial charge in [-0.3, -0.25) is 0 Å². The van der Waals surface area contributed by atoms with Crippen LogP contribution in [0.3, 0.4) is 0 Å². The van der Waals surface area contributed by atoms with Crippen LogP contribution >= 0.6 is 0 Å². The Hall–Kier alpha value is -4.32. The fraction of sp³-hybridized carbons (Fsp3) is 0.111. The standard InChI is InChI=1S/C27H22N4O2/c1-3-22-15-25(21-12-13-24(28-16-21)27(32)33-2)30-26-23(17-29-31(22)26)20-11-7-5-9-18-8-4-6-10-19(18)14-20/h3-4,6,8-17H,1,5,7H2,2H3. The second-order valence-corrected chi connectivity index (χ2v) is 7.70. The van der Waals surface area contributed by atoms with Crippen molar-refractivity contribution in [1.82, 2.24) is 19.6 Å². The van der Waals surface area contributed by atoms with E-state index in [1.165, 1.54) is 17.5 Å². The number of esters is 1. The summed E-state index contributed by atoms with van der Waals surface area (Å²) >= 11 is 0. The van der Waals surface area contributed by atoms with Crippen molar-refractivity contribution in [2.24, 2.45) is 0 Å². The molecule has 0 spiro atoms. The summed E-state index contributed by atoms with van der Waals surface area (Å²) in [6.45, 7) is 3.95. The first-order valence-corrected chi connectivity index (χ1v) is 10.7. The molecule has 0 N–H and O–H groups in total. The monoisotopic (exact) mass is 434 g/mol. The number of hydrogen-bond acceptors (Lipinski definition) is 5. The number of pyridine rings is 1. The third kappa shape index (κ3) is 3.87. The number of fused-ring (bicyclic) bond motifs is 2. The number of methoxy groups -OCH3 is 1. The van der Waals surface area contributed by atoms with Crippen LogP contribution in [0.25, 0.3) is 40.7 Å². The molecule has 0 unspecified atom stereocenters. The number of allylic oxidation sites excluding steroid dienone is 2. The van der Waals surface area contributed by atoms with Crippen molar-refractivity contribution in [3.05, 3.63) is 94.9 Å². The van der Waals surface area contributed by atoms with Gasteiger partial charge in [-0.25, -0.2) is 19.3 Å². The van der Waals surface area contributed by atoms with Crippen LogP contribution in [0.4, 0.5) is 0 Å². The predicted octanol–water partition coefficient (Wildman–Crippen LogP) is 3.66. The van der Waals surface area contributed by atoms with Crippen molar-refractivity contribution < 1.29 is 9.53 Å². The summed E-state index contributed by atoms with van der Waals surface area (Å²) in [4.78, 5) is 20.9. The summed E-state index contributed by atoms with van der Waals surface area (Å²) < 4.78 is 6.54. The van der Waals surface area contributed by atoms with E-state index in [1.807, 2.05) is 18.3 Å². The van der Waals surface area contributed by atoms with Crippen molar-refractivity contribution in [3.63, 3.8) is 0 Å². The minimum Gasteiger partial charge on any atom is -0.464 e. The second-order valence-electron chi connectivity index (χ2n) is 7.70. The maximum Gasteiger partial charge on any atom is 0.356 e. The van der Waals surface area contributed by atoms with Gasteiger partial charge in [-0.05, 0) is 59.2 Å². The topological polar surface area (TPSA) is 69.4 Å². The van der Waals surface area contributed by atoms with Crippen molar-refractivity contribution in [3.8, 4) is 11.3 Å². The molecule has 0 radical (unpaired) electrons. The Kier molecular flexibility index (Phi) is 5.40. The predicted molar refractivity (Wildman–Crippen MR) is 129 cm³/mol. The molecule has 33 heavy (non-hydrogen) atoms. The van der Waals surface area contributed by atoms with Crippen molar-refractivity contribution in [2.45, 2.75) is 12.8 Å². The van der Waals surface area contributed by atoms with Crippen LogP contribution in [0.2, 0.25) is 0 Å². The van der Waals surface area contributed by atoms with Crippen molar-refractivity contribution >= 4 is 35.4 Å². The minimum atomic E-state index is -0.473. The number of carbonyl (C=O) groups excluding carboxylic acids is 1. The molecule has 0 amide bonds. The summed E-state index contributed by atoms with van der Waals surface area (Å²) in [6, 6.07) is 13.7. The Labute approximate surface area is 190 Å². The Bertz CT molecular complexity index is 1530. The fourth-order valence-corrected chi connectivity index (χ4v) is 3.97. The number of rotatable bonds is 4. The average Bonchev–Trinajstić information content (AvgIpc) is 3.27. The molecular weight excluding hydrogens is 412 g/mol. The lowest BCUT2D eigenvalue weighted by Crippen LogP contribution is -2.24. The molecule has 0 saturated carbocycles. The van der Waals surface area contributed by atoms with E-state index >= 15 is 0 Å². The molecule has 6 heteroatoms. The number of carbonyl (C=O) groups is 1. The lowest BCUT2D eigenvalue weighted by Gasteiger charge is -2.08. The zero-order valence-corrected chi connectivity index (χ0v) is 18.2. The normalized spacial score (nSPS) is 13.1. The van der Waals surface area contributed by atoms with E-state index in [2.05, 4.69) is 59.2 Å².